The van der Waals surface area contributed by atoms with Gasteiger partial charge in [0.25, 0.3) is 0 Å². The van der Waals surface area contributed by atoms with Crippen molar-refractivity contribution in [2.75, 3.05) is 0 Å². The summed E-state index contributed by atoms with van der Waals surface area (Å²) in [6, 6.07) is 7.44. The van der Waals surface area contributed by atoms with Gasteiger partial charge in [-0.3, -0.25) is 0 Å². The normalized spacial score (nSPS) is 13.3. The number of nitrogens with zero attached hydrogens (tertiary/aromatic N) is 1. The molecule has 0 aliphatic heterocycles. The zero-order chi connectivity index (χ0) is 11.5. The second-order valence-corrected chi connectivity index (χ2v) is 3.49. The average Bonchev–Trinajstić information content (AvgIpc) is 2.14. The van der Waals surface area contributed by atoms with E-state index in [4.69, 9.17) is 16.9 Å². The van der Waals surface area contributed by atoms with E-state index in [0.29, 0.717) is 10.6 Å². The Kier molecular flexibility index (Phi) is 3.59. The third-order valence-corrected chi connectivity index (χ3v) is 2.12. The van der Waals surface area contributed by atoms with Crippen LogP contribution < -0.4 is 0 Å². The van der Waals surface area contributed by atoms with E-state index in [9.17, 15) is 13.2 Å². The number of hydrogen-bond donors (Lipinski definition) is 0. The number of halogens is 4. The smallest absolute Gasteiger partial charge is 0.198 e. The summed E-state index contributed by atoms with van der Waals surface area (Å²) in [6.45, 7) is 0. The van der Waals surface area contributed by atoms with Crippen molar-refractivity contribution in [1.82, 2.24) is 0 Å². The molecule has 1 aromatic carbocycles. The molecule has 0 radical (unpaired) electrons. The van der Waals surface area contributed by atoms with E-state index in [1.807, 2.05) is 0 Å². The first-order valence-corrected chi connectivity index (χ1v) is 4.52. The van der Waals surface area contributed by atoms with E-state index in [2.05, 4.69) is 0 Å². The van der Waals surface area contributed by atoms with Gasteiger partial charge in [0.05, 0.1) is 18.4 Å². The minimum Gasteiger partial charge on any atom is -0.198 e. The lowest BCUT2D eigenvalue weighted by atomic mass is 9.97. The molecule has 0 aliphatic carbocycles. The minimum absolute atomic E-state index is 0.333. The quantitative estimate of drug-likeness (QED) is 0.760. The van der Waals surface area contributed by atoms with Gasteiger partial charge in [-0.1, -0.05) is 23.7 Å². The number of benzene rings is 1. The van der Waals surface area contributed by atoms with Crippen molar-refractivity contribution in [2.45, 2.75) is 18.5 Å². The van der Waals surface area contributed by atoms with Crippen LogP contribution in [0.4, 0.5) is 13.2 Å². The van der Waals surface area contributed by atoms with Crippen LogP contribution in [0.15, 0.2) is 24.3 Å². The Morgan fingerprint density at radius 2 is 1.80 bits per heavy atom. The molecule has 0 aliphatic rings. The molecule has 1 rings (SSSR count). The summed E-state index contributed by atoms with van der Waals surface area (Å²) in [6.07, 6.45) is -5.47. The zero-order valence-electron chi connectivity index (χ0n) is 7.55. The first-order valence-electron chi connectivity index (χ1n) is 4.14. The van der Waals surface area contributed by atoms with E-state index in [-0.39, 0.29) is 0 Å². The van der Waals surface area contributed by atoms with E-state index in [0.717, 1.165) is 0 Å². The van der Waals surface area contributed by atoms with Gasteiger partial charge < -0.3 is 0 Å². The van der Waals surface area contributed by atoms with Gasteiger partial charge in [0.15, 0.2) is 0 Å². The molecule has 5 heteroatoms. The Labute approximate surface area is 90.1 Å². The second kappa shape index (κ2) is 4.54. The third-order valence-electron chi connectivity index (χ3n) is 1.86. The molecule has 0 saturated heterocycles. The molecule has 1 aromatic rings. The fourth-order valence-corrected chi connectivity index (χ4v) is 1.29. The molecule has 0 fully saturated rings. The van der Waals surface area contributed by atoms with Crippen molar-refractivity contribution in [1.29, 1.82) is 5.26 Å². The lowest BCUT2D eigenvalue weighted by molar-refractivity contribution is -0.136. The van der Waals surface area contributed by atoms with Gasteiger partial charge in [-0.25, -0.2) is 0 Å². The van der Waals surface area contributed by atoms with Crippen molar-refractivity contribution in [3.05, 3.63) is 34.9 Å². The lowest BCUT2D eigenvalue weighted by Gasteiger charge is -2.11. The van der Waals surface area contributed by atoms with Gasteiger partial charge in [0.1, 0.15) is 0 Å². The maximum Gasteiger partial charge on any atom is 0.390 e. The molecule has 0 N–H and O–H groups in total. The van der Waals surface area contributed by atoms with Crippen molar-refractivity contribution in [3.8, 4) is 6.07 Å². The molecule has 80 valence electrons. The highest BCUT2D eigenvalue weighted by atomic mass is 35.5. The molecule has 0 heterocycles. The Morgan fingerprint density at radius 1 is 1.27 bits per heavy atom. The van der Waals surface area contributed by atoms with E-state index >= 15 is 0 Å². The highest BCUT2D eigenvalue weighted by molar-refractivity contribution is 6.30. The molecule has 15 heavy (non-hydrogen) atoms. The maximum atomic E-state index is 12.1. The van der Waals surface area contributed by atoms with Gasteiger partial charge in [-0.15, -0.1) is 0 Å². The summed E-state index contributed by atoms with van der Waals surface area (Å²) in [5.74, 6) is -1.16. The van der Waals surface area contributed by atoms with Crippen LogP contribution in [-0.4, -0.2) is 6.18 Å². The highest BCUT2D eigenvalue weighted by Crippen LogP contribution is 2.31. The Hall–Kier alpha value is -1.21. The number of nitriles is 1. The second-order valence-electron chi connectivity index (χ2n) is 3.05. The van der Waals surface area contributed by atoms with Gasteiger partial charge in [0, 0.05) is 5.02 Å². The molecule has 1 unspecified atom stereocenters. The topological polar surface area (TPSA) is 23.8 Å². The van der Waals surface area contributed by atoms with E-state index < -0.39 is 18.5 Å². The van der Waals surface area contributed by atoms with Crippen molar-refractivity contribution in [3.63, 3.8) is 0 Å². The van der Waals surface area contributed by atoms with E-state index in [1.54, 1.807) is 6.07 Å². The molecule has 1 nitrogen and oxygen atoms in total. The van der Waals surface area contributed by atoms with Crippen LogP contribution in [0.25, 0.3) is 0 Å². The summed E-state index contributed by atoms with van der Waals surface area (Å²) in [4.78, 5) is 0. The standard InChI is InChI=1S/C10H7ClF3N/c11-9-3-1-7(2-4-9)8(6-15)5-10(12,13)14/h1-4,8H,5H2. The molecule has 1 atom stereocenters. The molecule has 0 saturated carbocycles. The largest absolute Gasteiger partial charge is 0.390 e. The maximum absolute atomic E-state index is 12.1. The first kappa shape index (κ1) is 11.9. The third kappa shape index (κ3) is 3.80. The van der Waals surface area contributed by atoms with Gasteiger partial charge in [-0.2, -0.15) is 18.4 Å². The van der Waals surface area contributed by atoms with E-state index in [1.165, 1.54) is 24.3 Å². The summed E-state index contributed by atoms with van der Waals surface area (Å²) in [5, 5.41) is 9.06. The number of rotatable bonds is 2. The fourth-order valence-electron chi connectivity index (χ4n) is 1.16. The summed E-state index contributed by atoms with van der Waals surface area (Å²) in [7, 11) is 0. The Balaban J connectivity index is 2.85. The van der Waals surface area contributed by atoms with Gasteiger partial charge >= 0.3 is 6.18 Å². The molecule has 0 spiro atoms. The summed E-state index contributed by atoms with van der Waals surface area (Å²) >= 11 is 5.59. The van der Waals surface area contributed by atoms with Crippen LogP contribution in [0, 0.1) is 11.3 Å². The van der Waals surface area contributed by atoms with Crippen molar-refractivity contribution >= 4 is 11.6 Å². The minimum atomic E-state index is -4.33. The Morgan fingerprint density at radius 3 is 2.20 bits per heavy atom. The predicted octanol–water partition coefficient (Wildman–Crippen LogP) is 3.90. The molecular weight excluding hydrogens is 227 g/mol. The van der Waals surface area contributed by atoms with Gasteiger partial charge in [-0.05, 0) is 17.7 Å². The highest BCUT2D eigenvalue weighted by Gasteiger charge is 2.32. The Bertz CT molecular complexity index is 364. The number of alkyl halides is 3. The summed E-state index contributed by atoms with van der Waals surface area (Å²) in [5.41, 5.74) is 0.333. The molecular formula is C10H7ClF3N. The van der Waals surface area contributed by atoms with Crippen LogP contribution in [-0.2, 0) is 0 Å². The molecule has 0 aromatic heterocycles. The van der Waals surface area contributed by atoms with Crippen LogP contribution in [0.2, 0.25) is 5.02 Å². The van der Waals surface area contributed by atoms with Crippen molar-refractivity contribution in [2.24, 2.45) is 0 Å². The first-order chi connectivity index (χ1) is 6.92. The summed E-state index contributed by atoms with van der Waals surface area (Å²) < 4.78 is 36.2. The SMILES string of the molecule is N#CC(CC(F)(F)F)c1ccc(Cl)cc1. The van der Waals surface area contributed by atoms with Gasteiger partial charge in [0.2, 0.25) is 0 Å². The van der Waals surface area contributed by atoms with Crippen LogP contribution in [0.1, 0.15) is 17.9 Å². The molecule has 0 bridgehead atoms. The lowest BCUT2D eigenvalue weighted by Crippen LogP contribution is -2.12. The van der Waals surface area contributed by atoms with Crippen LogP contribution >= 0.6 is 11.6 Å². The molecule has 0 amide bonds. The van der Waals surface area contributed by atoms with Crippen LogP contribution in [0.3, 0.4) is 0 Å². The average molecular weight is 234 g/mol. The zero-order valence-corrected chi connectivity index (χ0v) is 8.31. The van der Waals surface area contributed by atoms with Crippen molar-refractivity contribution < 1.29 is 13.2 Å². The fraction of sp³-hybridized carbons (Fsp3) is 0.300. The van der Waals surface area contributed by atoms with Crippen LogP contribution in [0.5, 0.6) is 0 Å². The predicted molar refractivity (Wildman–Crippen MR) is 50.5 cm³/mol. The monoisotopic (exact) mass is 233 g/mol. The number of hydrogen-bond acceptors (Lipinski definition) is 1.